The van der Waals surface area contributed by atoms with E-state index in [1.807, 2.05) is 11.8 Å². The van der Waals surface area contributed by atoms with E-state index in [1.165, 1.54) is 6.42 Å². The molecular formula is C34H50N5NaO12S. The molecular weight excluding hydrogens is 725 g/mol. The number of nitrogens with zero attached hydrogens (tertiary/aromatic N) is 5. The predicted molar refractivity (Wildman–Crippen MR) is 178 cm³/mol. The van der Waals surface area contributed by atoms with Crippen molar-refractivity contribution in [1.82, 2.24) is 14.7 Å². The zero-order valence-electron chi connectivity index (χ0n) is 30.2. The van der Waals surface area contributed by atoms with Crippen molar-refractivity contribution in [2.75, 3.05) is 26.1 Å². The second-order valence-corrected chi connectivity index (χ2v) is 15.6. The molecule has 0 spiro atoms. The number of rotatable bonds is 5. The van der Waals surface area contributed by atoms with E-state index in [0.717, 1.165) is 31.9 Å². The Balaban J connectivity index is 0.000000172. The second-order valence-electron chi connectivity index (χ2n) is 14.0. The molecule has 0 aromatic carbocycles. The molecule has 0 saturated carbocycles. The minimum absolute atomic E-state index is 0. The van der Waals surface area contributed by atoms with Crippen molar-refractivity contribution < 1.29 is 85.0 Å². The Hall–Kier alpha value is -2.42. The number of fused-ring (bicyclic) bond motifs is 15. The zero-order valence-corrected chi connectivity index (χ0v) is 33.0. The van der Waals surface area contributed by atoms with Gasteiger partial charge in [-0.1, -0.05) is 7.43 Å². The van der Waals surface area contributed by atoms with Crippen molar-refractivity contribution in [3.8, 4) is 6.07 Å². The number of nitriles is 1. The molecule has 0 N–H and O–H groups in total. The Labute approximate surface area is 333 Å². The standard InChI is InChI=1S/C11H14N2O3.C11H17NO6S.C10H15NO3.CN.CH4.Na/c1-2-15-11(14)13-7-3-6(5-12)4-8(13)10-9(7)16-10;1-3-16-11(13)12-7-4-6(18-19(2,14)15)5-8(12)10-9(7)17-10;1-2-13-10(12)11-6-4-3-5-7(11)9-8(6)14-9;1-2;;/h6-10H,2-4H2,1H3;6-10H,3-5H2,1-2H3;6-9H,2-5H2,1H3;;1H4;/q;;;-1;;+1/t2*6?,7?,8?,9-,10+;6?,7?,8-,9+;;;. The molecule has 9 rings (SSSR count). The van der Waals surface area contributed by atoms with Gasteiger partial charge in [0.25, 0.3) is 10.1 Å². The van der Waals surface area contributed by atoms with Gasteiger partial charge in [0.2, 0.25) is 0 Å². The first-order chi connectivity index (χ1) is 24.5. The summed E-state index contributed by atoms with van der Waals surface area (Å²) in [7, 11) is -3.47. The molecule has 9 heterocycles. The fraction of sp³-hybridized carbons (Fsp3) is 0.853. The summed E-state index contributed by atoms with van der Waals surface area (Å²) in [5.41, 5.74) is 0. The topological polar surface area (TPSA) is 217 Å². The van der Waals surface area contributed by atoms with Crippen LogP contribution in [0.1, 0.15) is 73.1 Å². The van der Waals surface area contributed by atoms with E-state index in [2.05, 4.69) is 6.07 Å². The molecule has 0 aliphatic carbocycles. The number of amides is 3. The summed E-state index contributed by atoms with van der Waals surface area (Å²) in [6.45, 7) is 11.3. The van der Waals surface area contributed by atoms with Gasteiger partial charge in [0.1, 0.15) is 36.6 Å². The first kappa shape index (κ1) is 43.3. The van der Waals surface area contributed by atoms with E-state index in [9.17, 15) is 22.8 Å². The van der Waals surface area contributed by atoms with Crippen LogP contribution in [-0.4, -0.2) is 146 Å². The Morgan fingerprint density at radius 3 is 1.32 bits per heavy atom. The van der Waals surface area contributed by atoms with Crippen LogP contribution < -0.4 is 29.6 Å². The van der Waals surface area contributed by atoms with Gasteiger partial charge in [0.05, 0.1) is 80.4 Å². The fourth-order valence-electron chi connectivity index (χ4n) is 9.24. The van der Waals surface area contributed by atoms with Crippen molar-refractivity contribution >= 4 is 28.4 Å². The van der Waals surface area contributed by atoms with E-state index >= 15 is 0 Å². The molecule has 6 bridgehead atoms. The maximum Gasteiger partial charge on any atom is 1.00 e. The third kappa shape index (κ3) is 8.70. The van der Waals surface area contributed by atoms with Crippen LogP contribution in [-0.2, 0) is 42.7 Å². The van der Waals surface area contributed by atoms with Crippen LogP contribution in [0.3, 0.4) is 0 Å². The Kier molecular flexibility index (Phi) is 14.4. The van der Waals surface area contributed by atoms with Gasteiger partial charge < -0.3 is 40.3 Å². The molecule has 53 heavy (non-hydrogen) atoms. The van der Waals surface area contributed by atoms with Gasteiger partial charge >= 0.3 is 47.8 Å². The van der Waals surface area contributed by atoms with Crippen LogP contribution in [0.25, 0.3) is 0 Å². The number of hydrogen-bond donors (Lipinski definition) is 0. The number of epoxide rings is 3. The van der Waals surface area contributed by atoms with Crippen LogP contribution in [0.4, 0.5) is 14.4 Å². The molecule has 9 aliphatic rings. The zero-order chi connectivity index (χ0) is 36.8. The molecule has 19 heteroatoms. The van der Waals surface area contributed by atoms with Crippen molar-refractivity contribution in [1.29, 1.82) is 10.5 Å². The Bertz CT molecular complexity index is 1460. The Morgan fingerprint density at radius 2 is 1.00 bits per heavy atom. The molecule has 14 atom stereocenters. The molecule has 9 aliphatic heterocycles. The van der Waals surface area contributed by atoms with Gasteiger partial charge in [-0.3, -0.25) is 18.9 Å². The quantitative estimate of drug-likeness (QED) is 0.117. The molecule has 0 aromatic rings. The van der Waals surface area contributed by atoms with E-state index in [0.29, 0.717) is 57.0 Å². The summed E-state index contributed by atoms with van der Waals surface area (Å²) in [5.74, 6) is 0.0667. The van der Waals surface area contributed by atoms with Crippen LogP contribution >= 0.6 is 0 Å². The van der Waals surface area contributed by atoms with Crippen LogP contribution in [0.2, 0.25) is 0 Å². The summed E-state index contributed by atoms with van der Waals surface area (Å²) in [5, 5.41) is 15.2. The number of hydrogen-bond acceptors (Lipinski definition) is 14. The summed E-state index contributed by atoms with van der Waals surface area (Å²) < 4.78 is 59.1. The Morgan fingerprint density at radius 1 is 0.679 bits per heavy atom. The SMILES string of the molecule is C.CCOC(=O)N1C2CC(C#N)CC1[C@@H]1O[C@H]21.CCOC(=O)N1C2CC(OS(C)(=O)=O)CC1[C@@H]1O[C@H]21.CCOC(=O)N1C2CCCC1[C@@H]1O[C@H]21.[C-]#N.[Na+]. The molecule has 17 nitrogen and oxygen atoms in total. The second kappa shape index (κ2) is 17.6. The van der Waals surface area contributed by atoms with Gasteiger partial charge in [-0.25, -0.2) is 14.4 Å². The molecule has 0 radical (unpaired) electrons. The molecule has 3 amide bonds. The van der Waals surface area contributed by atoms with Crippen LogP contribution in [0.15, 0.2) is 0 Å². The van der Waals surface area contributed by atoms with E-state index in [-0.39, 0.29) is 116 Å². The van der Waals surface area contributed by atoms with Gasteiger partial charge in [0.15, 0.2) is 0 Å². The molecule has 0 aromatic heterocycles. The average Bonchev–Trinajstić information content (AvgIpc) is 4.00. The van der Waals surface area contributed by atoms with Gasteiger partial charge in [0, 0.05) is 0 Å². The smallest absolute Gasteiger partial charge is 0.512 e. The largest absolute Gasteiger partial charge is 1.00 e. The average molecular weight is 776 g/mol. The van der Waals surface area contributed by atoms with Gasteiger partial charge in [-0.2, -0.15) is 13.7 Å². The van der Waals surface area contributed by atoms with Crippen LogP contribution in [0, 0.1) is 29.1 Å². The molecule has 8 unspecified atom stereocenters. The van der Waals surface area contributed by atoms with Crippen molar-refractivity contribution in [3.63, 3.8) is 0 Å². The number of carbonyl (C=O) groups is 3. The summed E-state index contributed by atoms with van der Waals surface area (Å²) in [6, 6.07) is 2.77. The molecule has 290 valence electrons. The molecule has 9 fully saturated rings. The summed E-state index contributed by atoms with van der Waals surface area (Å²) >= 11 is 0. The van der Waals surface area contributed by atoms with Gasteiger partial charge in [-0.05, 0) is 65.7 Å². The van der Waals surface area contributed by atoms with E-state index in [4.69, 9.17) is 49.7 Å². The first-order valence-electron chi connectivity index (χ1n) is 17.8. The number of morpholine rings is 3. The molecule has 9 saturated heterocycles. The van der Waals surface area contributed by atoms with E-state index in [1.54, 1.807) is 23.6 Å². The van der Waals surface area contributed by atoms with Gasteiger partial charge in [-0.15, -0.1) is 0 Å². The normalized spacial score (nSPS) is 38.9. The third-order valence-corrected chi connectivity index (χ3v) is 11.7. The minimum Gasteiger partial charge on any atom is -0.512 e. The minimum atomic E-state index is -3.47. The monoisotopic (exact) mass is 775 g/mol. The maximum atomic E-state index is 11.9. The maximum absolute atomic E-state index is 11.9. The predicted octanol–water partition coefficient (Wildman–Crippen LogP) is -0.118. The van der Waals surface area contributed by atoms with Crippen molar-refractivity contribution in [2.45, 2.75) is 152 Å². The number of ether oxygens (including phenoxy) is 6. The number of carbonyl (C=O) groups excluding carboxylic acids is 3. The third-order valence-electron chi connectivity index (χ3n) is 11.1. The summed E-state index contributed by atoms with van der Waals surface area (Å²) in [4.78, 5) is 40.8. The fourth-order valence-corrected chi connectivity index (χ4v) is 9.89. The van der Waals surface area contributed by atoms with Crippen molar-refractivity contribution in [2.24, 2.45) is 5.92 Å². The van der Waals surface area contributed by atoms with E-state index < -0.39 is 10.1 Å². The first-order valence-corrected chi connectivity index (χ1v) is 19.6. The summed E-state index contributed by atoms with van der Waals surface area (Å²) in [6.07, 6.45) is 6.75. The van der Waals surface area contributed by atoms with Crippen LogP contribution in [0.5, 0.6) is 0 Å². The van der Waals surface area contributed by atoms with Crippen molar-refractivity contribution in [3.05, 3.63) is 6.57 Å². The number of piperidine rings is 3.